The molecule has 0 bridgehead atoms. The fourth-order valence-corrected chi connectivity index (χ4v) is 17.2. The molecule has 0 spiro atoms. The van der Waals surface area contributed by atoms with Crippen LogP contribution in [0.2, 0.25) is 21.6 Å². The highest BCUT2D eigenvalue weighted by molar-refractivity contribution is 7.23. The number of carbonyl (C=O) groups is 1. The number of amides is 1. The first-order valence-electron chi connectivity index (χ1n) is 20.5. The van der Waals surface area contributed by atoms with E-state index in [0.29, 0.717) is 55.0 Å². The number of fused-ring (bicyclic) bond motifs is 2. The number of anilines is 2. The summed E-state index contributed by atoms with van der Waals surface area (Å²) < 4.78 is 67.1. The second-order valence-corrected chi connectivity index (χ2v) is 24.3. The molecule has 17 heteroatoms. The van der Waals surface area contributed by atoms with E-state index in [2.05, 4.69) is 63.2 Å². The smallest absolute Gasteiger partial charge is 0.409 e. The molecule has 11 nitrogen and oxygen atoms in total. The van der Waals surface area contributed by atoms with E-state index in [0.717, 1.165) is 36.8 Å². The third kappa shape index (κ3) is 6.92. The van der Waals surface area contributed by atoms with E-state index in [1.807, 2.05) is 11.0 Å². The molecular formula is C43H48ClF3N6O5SSi. The summed E-state index contributed by atoms with van der Waals surface area (Å²) in [7, 11) is -2.27. The van der Waals surface area contributed by atoms with Crippen LogP contribution in [0, 0.1) is 34.4 Å². The number of nitrogens with zero attached hydrogens (tertiary/aromatic N) is 5. The van der Waals surface area contributed by atoms with Crippen molar-refractivity contribution >= 4 is 68.9 Å². The number of hydrogen-bond acceptors (Lipinski definition) is 10. The standard InChI is InChI=1S/C43H48ClF3N6O5SSi/c1-22(2)60(23(3)4,24(5)6)15-11-27-20-57-37-33-36(35(47)32(34(37)44)28-8-9-30(46)38-31(28)29(17-48)40(59-38)51-42(54)55)49-41(50-39(33)53(27)26-10-14-56-19-26)58-21-43-12-7-13-52(43)18-25(45)16-43/h8-9,22-27,51H,7,10,12-14,16,18-21H2,1-6H3,(H,54,55)/t25-,26?,27+,43+/m1/s1. The second-order valence-electron chi connectivity index (χ2n) is 17.3. The van der Waals surface area contributed by atoms with Gasteiger partial charge in [0.2, 0.25) is 0 Å². The van der Waals surface area contributed by atoms with Crippen molar-refractivity contribution in [2.45, 2.75) is 108 Å². The Morgan fingerprint density at radius 2 is 1.92 bits per heavy atom. The van der Waals surface area contributed by atoms with Crippen molar-refractivity contribution in [2.75, 3.05) is 49.7 Å². The third-order valence-electron chi connectivity index (χ3n) is 13.2. The van der Waals surface area contributed by atoms with Crippen LogP contribution in [0.15, 0.2) is 12.1 Å². The van der Waals surface area contributed by atoms with Crippen molar-refractivity contribution in [3.63, 3.8) is 0 Å². The van der Waals surface area contributed by atoms with Gasteiger partial charge in [0, 0.05) is 30.5 Å². The zero-order chi connectivity index (χ0) is 42.8. The first kappa shape index (κ1) is 42.4. The Hall–Kier alpha value is -4.32. The minimum absolute atomic E-state index is 0.0120. The number of carboxylic acid groups (broad SMARTS) is 1. The van der Waals surface area contributed by atoms with E-state index in [1.165, 1.54) is 6.07 Å². The van der Waals surface area contributed by atoms with E-state index < -0.39 is 43.6 Å². The molecule has 2 aromatic heterocycles. The number of ether oxygens (including phenoxy) is 3. The van der Waals surface area contributed by atoms with Gasteiger partial charge >= 0.3 is 12.1 Å². The van der Waals surface area contributed by atoms with Gasteiger partial charge in [-0.05, 0) is 54.1 Å². The molecule has 4 aliphatic heterocycles. The van der Waals surface area contributed by atoms with E-state index in [9.17, 15) is 19.6 Å². The molecule has 6 heterocycles. The molecule has 2 N–H and O–H groups in total. The lowest BCUT2D eigenvalue weighted by Gasteiger charge is -2.39. The Bertz CT molecular complexity index is 2460. The summed E-state index contributed by atoms with van der Waals surface area (Å²) in [4.78, 5) is 25.6. The SMILES string of the molecule is CC(C)[Si](C#C[C@H]1COc2c(Cl)c(-c3ccc(F)c4sc(NC(=O)O)c(C#N)c34)c(F)c3nc(OC[C@@]45CCCN4C[C@H](F)C5)nc(c23)N1C1CCOC1)(C(C)C)C(C)C. The lowest BCUT2D eigenvalue weighted by molar-refractivity contribution is 0.107. The lowest BCUT2D eigenvalue weighted by Crippen LogP contribution is -2.48. The van der Waals surface area contributed by atoms with E-state index in [-0.39, 0.29) is 78.7 Å². The van der Waals surface area contributed by atoms with Crippen molar-refractivity contribution in [1.82, 2.24) is 14.9 Å². The molecule has 0 radical (unpaired) electrons. The molecule has 60 heavy (non-hydrogen) atoms. The Balaban J connectivity index is 1.38. The minimum Gasteiger partial charge on any atom is -0.488 e. The maximum Gasteiger partial charge on any atom is 0.409 e. The van der Waals surface area contributed by atoms with Gasteiger partial charge in [-0.1, -0.05) is 65.1 Å². The fourth-order valence-electron chi connectivity index (χ4n) is 10.5. The summed E-state index contributed by atoms with van der Waals surface area (Å²) in [6.07, 6.45) is 0.113. The van der Waals surface area contributed by atoms with Gasteiger partial charge in [0.25, 0.3) is 0 Å². The van der Waals surface area contributed by atoms with Crippen molar-refractivity contribution in [3.05, 3.63) is 34.4 Å². The van der Waals surface area contributed by atoms with Crippen LogP contribution < -0.4 is 19.7 Å². The van der Waals surface area contributed by atoms with E-state index >= 15 is 8.78 Å². The van der Waals surface area contributed by atoms with Gasteiger partial charge < -0.3 is 24.2 Å². The molecule has 3 saturated heterocycles. The number of halogens is 4. The molecule has 0 aliphatic carbocycles. The number of nitriles is 1. The van der Waals surface area contributed by atoms with Crippen molar-refractivity contribution in [3.8, 4) is 40.4 Å². The summed E-state index contributed by atoms with van der Waals surface area (Å²) in [5.74, 6) is 2.40. The molecule has 3 fully saturated rings. The summed E-state index contributed by atoms with van der Waals surface area (Å²) >= 11 is 7.99. The molecule has 1 unspecified atom stereocenters. The minimum atomic E-state index is -2.27. The van der Waals surface area contributed by atoms with Crippen molar-refractivity contribution in [1.29, 1.82) is 5.26 Å². The van der Waals surface area contributed by atoms with Crippen LogP contribution >= 0.6 is 22.9 Å². The Labute approximate surface area is 357 Å². The lowest BCUT2D eigenvalue weighted by atomic mass is 9.95. The van der Waals surface area contributed by atoms with Crippen molar-refractivity contribution < 1.29 is 37.3 Å². The van der Waals surface area contributed by atoms with Gasteiger partial charge in [-0.15, -0.1) is 16.9 Å². The maximum absolute atomic E-state index is 17.8. The Kier molecular flexibility index (Phi) is 11.4. The zero-order valence-corrected chi connectivity index (χ0v) is 37.0. The molecule has 4 aromatic rings. The normalized spacial score (nSPS) is 22.9. The van der Waals surface area contributed by atoms with Gasteiger partial charge in [-0.3, -0.25) is 10.2 Å². The number of rotatable bonds is 9. The van der Waals surface area contributed by atoms with Crippen LogP contribution in [0.4, 0.5) is 28.8 Å². The molecule has 1 amide bonds. The molecule has 4 aliphatic rings. The molecule has 4 atom stereocenters. The van der Waals surface area contributed by atoms with Gasteiger partial charge in [-0.25, -0.2) is 18.0 Å². The number of hydrogen-bond donors (Lipinski definition) is 2. The first-order chi connectivity index (χ1) is 28.6. The second kappa shape index (κ2) is 16.2. The quantitative estimate of drug-likeness (QED) is 0.124. The monoisotopic (exact) mass is 880 g/mol. The molecular weight excluding hydrogens is 833 g/mol. The molecule has 318 valence electrons. The summed E-state index contributed by atoms with van der Waals surface area (Å²) in [6.45, 7) is 15.4. The number of aromatic nitrogens is 2. The topological polar surface area (TPSA) is 133 Å². The average Bonchev–Trinajstić information content (AvgIpc) is 3.97. The van der Waals surface area contributed by atoms with Gasteiger partial charge in [-0.2, -0.15) is 15.2 Å². The average molecular weight is 881 g/mol. The number of alkyl halides is 1. The predicted molar refractivity (Wildman–Crippen MR) is 230 cm³/mol. The Morgan fingerprint density at radius 1 is 1.17 bits per heavy atom. The van der Waals surface area contributed by atoms with Gasteiger partial charge in [0.1, 0.15) is 61.7 Å². The zero-order valence-electron chi connectivity index (χ0n) is 34.4. The molecule has 2 aromatic carbocycles. The van der Waals surface area contributed by atoms with Crippen LogP contribution in [0.25, 0.3) is 32.1 Å². The van der Waals surface area contributed by atoms with E-state index in [4.69, 9.17) is 35.8 Å². The van der Waals surface area contributed by atoms with Gasteiger partial charge in [0.15, 0.2) is 11.6 Å². The van der Waals surface area contributed by atoms with Gasteiger partial charge in [0.05, 0.1) is 38.9 Å². The fraction of sp³-hybridized carbons (Fsp3) is 0.535. The summed E-state index contributed by atoms with van der Waals surface area (Å²) in [5, 5.41) is 21.8. The third-order valence-corrected chi connectivity index (χ3v) is 20.9. The molecule has 0 saturated carbocycles. The van der Waals surface area contributed by atoms with Crippen LogP contribution in [0.3, 0.4) is 0 Å². The highest BCUT2D eigenvalue weighted by Crippen LogP contribution is 2.52. The predicted octanol–water partition coefficient (Wildman–Crippen LogP) is 9.94. The maximum atomic E-state index is 17.8. The summed E-state index contributed by atoms with van der Waals surface area (Å²) in [5.41, 5.74) is 3.76. The van der Waals surface area contributed by atoms with Crippen LogP contribution in [0.1, 0.15) is 72.8 Å². The molecule has 8 rings (SSSR count). The first-order valence-corrected chi connectivity index (χ1v) is 24.0. The van der Waals surface area contributed by atoms with E-state index in [1.54, 1.807) is 0 Å². The van der Waals surface area contributed by atoms with Crippen molar-refractivity contribution in [2.24, 2.45) is 0 Å². The van der Waals surface area contributed by atoms with Crippen LogP contribution in [-0.4, -0.2) is 97.5 Å². The largest absolute Gasteiger partial charge is 0.488 e. The highest BCUT2D eigenvalue weighted by Gasteiger charge is 2.50. The Morgan fingerprint density at radius 3 is 2.58 bits per heavy atom. The number of benzene rings is 2. The number of nitrogens with one attached hydrogen (secondary N) is 1. The van der Waals surface area contributed by atoms with Crippen LogP contribution in [0.5, 0.6) is 11.8 Å². The van der Waals surface area contributed by atoms with Crippen LogP contribution in [-0.2, 0) is 4.74 Å². The number of thiophene rings is 1. The summed E-state index contributed by atoms with van der Waals surface area (Å²) in [6, 6.07) is 3.46. The highest BCUT2D eigenvalue weighted by atomic mass is 35.5.